The summed E-state index contributed by atoms with van der Waals surface area (Å²) in [6.07, 6.45) is 0.606. The lowest BCUT2D eigenvalue weighted by Crippen LogP contribution is -2.08. The number of aliphatic hydroxyl groups excluding tert-OH is 1. The van der Waals surface area contributed by atoms with Crippen LogP contribution in [0.5, 0.6) is 0 Å². The van der Waals surface area contributed by atoms with Crippen molar-refractivity contribution in [1.82, 2.24) is 14.8 Å². The van der Waals surface area contributed by atoms with Crippen molar-refractivity contribution in [3.63, 3.8) is 0 Å². The Labute approximate surface area is 128 Å². The number of alkyl halides is 1. The maximum Gasteiger partial charge on any atom is 0.161 e. The first-order valence-corrected chi connectivity index (χ1v) is 7.36. The second-order valence-electron chi connectivity index (χ2n) is 4.67. The molecule has 6 heteroatoms. The molecule has 2 aromatic rings. The van der Waals surface area contributed by atoms with E-state index in [9.17, 15) is 5.11 Å². The van der Waals surface area contributed by atoms with Crippen molar-refractivity contribution in [2.45, 2.75) is 38.3 Å². The van der Waals surface area contributed by atoms with Gasteiger partial charge in [-0.05, 0) is 25.5 Å². The zero-order chi connectivity index (χ0) is 14.7. The summed E-state index contributed by atoms with van der Waals surface area (Å²) in [5, 5.41) is 14.5. The molecule has 108 valence electrons. The normalized spacial score (nSPS) is 14.2. The second kappa shape index (κ2) is 6.57. The monoisotopic (exact) mass is 313 g/mol. The topological polar surface area (TPSA) is 50.9 Å². The van der Waals surface area contributed by atoms with Gasteiger partial charge in [-0.2, -0.15) is 5.10 Å². The van der Waals surface area contributed by atoms with Gasteiger partial charge in [-0.25, -0.2) is 9.67 Å². The van der Waals surface area contributed by atoms with E-state index < -0.39 is 6.10 Å². The van der Waals surface area contributed by atoms with Crippen LogP contribution in [0.3, 0.4) is 0 Å². The van der Waals surface area contributed by atoms with Crippen molar-refractivity contribution in [2.75, 3.05) is 0 Å². The minimum absolute atomic E-state index is 0.295. The van der Waals surface area contributed by atoms with Gasteiger partial charge in [-0.15, -0.1) is 0 Å². The van der Waals surface area contributed by atoms with E-state index in [2.05, 4.69) is 10.1 Å². The fraction of sp³-hybridized carbons (Fsp3) is 0.429. The summed E-state index contributed by atoms with van der Waals surface area (Å²) in [5.74, 6) is 1.20. The van der Waals surface area contributed by atoms with Crippen molar-refractivity contribution < 1.29 is 5.11 Å². The van der Waals surface area contributed by atoms with E-state index in [1.165, 1.54) is 0 Å². The minimum atomic E-state index is -0.500. The van der Waals surface area contributed by atoms with E-state index >= 15 is 0 Å². The van der Waals surface area contributed by atoms with E-state index in [0.717, 1.165) is 12.0 Å². The molecule has 2 unspecified atom stereocenters. The van der Waals surface area contributed by atoms with Gasteiger partial charge in [0.05, 0.1) is 11.1 Å². The summed E-state index contributed by atoms with van der Waals surface area (Å²) < 4.78 is 1.67. The second-order valence-corrected chi connectivity index (χ2v) is 5.58. The molecule has 4 nitrogen and oxygen atoms in total. The van der Waals surface area contributed by atoms with Gasteiger partial charge in [-0.3, -0.25) is 0 Å². The number of hydrogen-bond donors (Lipinski definition) is 1. The van der Waals surface area contributed by atoms with Gasteiger partial charge in [0.2, 0.25) is 0 Å². The van der Waals surface area contributed by atoms with Crippen LogP contribution in [0.2, 0.25) is 5.02 Å². The third kappa shape index (κ3) is 3.32. The highest BCUT2D eigenvalue weighted by Gasteiger charge is 2.19. The Bertz CT molecular complexity index is 584. The van der Waals surface area contributed by atoms with E-state index in [1.54, 1.807) is 17.7 Å². The zero-order valence-electron chi connectivity index (χ0n) is 11.4. The first kappa shape index (κ1) is 15.3. The number of aliphatic hydroxyl groups is 1. The molecular formula is C14H17Cl2N3O. The quantitative estimate of drug-likeness (QED) is 0.857. The average molecular weight is 314 g/mol. The van der Waals surface area contributed by atoms with Crippen molar-refractivity contribution in [2.24, 2.45) is 0 Å². The van der Waals surface area contributed by atoms with Crippen LogP contribution in [0.4, 0.5) is 0 Å². The SMILES string of the molecule is CCC(Cl)n1nc(CC(C)O)nc1-c1ccccc1Cl. The van der Waals surface area contributed by atoms with Crippen LogP contribution in [-0.4, -0.2) is 26.0 Å². The largest absolute Gasteiger partial charge is 0.393 e. The summed E-state index contributed by atoms with van der Waals surface area (Å²) >= 11 is 12.5. The molecule has 0 fully saturated rings. The van der Waals surface area contributed by atoms with E-state index in [4.69, 9.17) is 23.2 Å². The molecule has 2 atom stereocenters. The van der Waals surface area contributed by atoms with Gasteiger partial charge in [0.25, 0.3) is 0 Å². The van der Waals surface area contributed by atoms with Crippen LogP contribution in [-0.2, 0) is 6.42 Å². The van der Waals surface area contributed by atoms with Crippen molar-refractivity contribution in [1.29, 1.82) is 0 Å². The molecule has 0 spiro atoms. The Kier molecular flexibility index (Phi) is 5.02. The van der Waals surface area contributed by atoms with E-state index in [-0.39, 0.29) is 5.50 Å². The summed E-state index contributed by atoms with van der Waals surface area (Å²) in [7, 11) is 0. The van der Waals surface area contributed by atoms with Gasteiger partial charge in [0, 0.05) is 12.0 Å². The van der Waals surface area contributed by atoms with E-state index in [1.807, 2.05) is 25.1 Å². The Morgan fingerprint density at radius 1 is 1.35 bits per heavy atom. The number of rotatable bonds is 5. The van der Waals surface area contributed by atoms with Gasteiger partial charge in [0.15, 0.2) is 11.6 Å². The smallest absolute Gasteiger partial charge is 0.161 e. The molecule has 20 heavy (non-hydrogen) atoms. The maximum atomic E-state index is 9.48. The van der Waals surface area contributed by atoms with Crippen LogP contribution in [0.15, 0.2) is 24.3 Å². The van der Waals surface area contributed by atoms with Crippen LogP contribution < -0.4 is 0 Å². The van der Waals surface area contributed by atoms with Crippen molar-refractivity contribution in [3.8, 4) is 11.4 Å². The van der Waals surface area contributed by atoms with Crippen LogP contribution in [0.1, 0.15) is 31.6 Å². The van der Waals surface area contributed by atoms with Gasteiger partial charge < -0.3 is 5.11 Å². The average Bonchev–Trinajstić information content (AvgIpc) is 2.81. The molecule has 1 N–H and O–H groups in total. The molecule has 1 aromatic carbocycles. The Morgan fingerprint density at radius 2 is 2.05 bits per heavy atom. The lowest BCUT2D eigenvalue weighted by atomic mass is 10.2. The summed E-state index contributed by atoms with van der Waals surface area (Å²) in [6.45, 7) is 3.68. The highest BCUT2D eigenvalue weighted by molar-refractivity contribution is 6.33. The number of aromatic nitrogens is 3. The molecule has 0 bridgehead atoms. The molecule has 0 aliphatic carbocycles. The predicted molar refractivity (Wildman–Crippen MR) is 81.0 cm³/mol. The lowest BCUT2D eigenvalue weighted by Gasteiger charge is -2.11. The molecule has 0 aliphatic heterocycles. The predicted octanol–water partition coefficient (Wildman–Crippen LogP) is 3.67. The fourth-order valence-corrected chi connectivity index (χ4v) is 2.27. The summed E-state index contributed by atoms with van der Waals surface area (Å²) in [4.78, 5) is 4.47. The number of nitrogens with zero attached hydrogens (tertiary/aromatic N) is 3. The van der Waals surface area contributed by atoms with Crippen molar-refractivity contribution >= 4 is 23.2 Å². The Hall–Kier alpha value is -1.10. The molecular weight excluding hydrogens is 297 g/mol. The van der Waals surface area contributed by atoms with Gasteiger partial charge in [0.1, 0.15) is 5.50 Å². The number of halogens is 2. The third-order valence-electron chi connectivity index (χ3n) is 2.87. The zero-order valence-corrected chi connectivity index (χ0v) is 12.9. The molecule has 0 saturated heterocycles. The lowest BCUT2D eigenvalue weighted by molar-refractivity contribution is 0.192. The molecule has 0 saturated carbocycles. The molecule has 2 rings (SSSR count). The standard InChI is InChI=1S/C14H17Cl2N3O/c1-3-12(16)19-14(10-6-4-5-7-11(10)15)17-13(18-19)8-9(2)20/h4-7,9,12,20H,3,8H2,1-2H3. The highest BCUT2D eigenvalue weighted by atomic mass is 35.5. The van der Waals surface area contributed by atoms with Crippen molar-refractivity contribution in [3.05, 3.63) is 35.1 Å². The number of hydrogen-bond acceptors (Lipinski definition) is 3. The summed E-state index contributed by atoms with van der Waals surface area (Å²) in [6, 6.07) is 7.44. The van der Waals surface area contributed by atoms with Crippen LogP contribution >= 0.6 is 23.2 Å². The first-order valence-electron chi connectivity index (χ1n) is 6.55. The fourth-order valence-electron chi connectivity index (χ4n) is 1.91. The van der Waals surface area contributed by atoms with Crippen LogP contribution in [0.25, 0.3) is 11.4 Å². The summed E-state index contributed by atoms with van der Waals surface area (Å²) in [5.41, 5.74) is 0.495. The third-order valence-corrected chi connectivity index (χ3v) is 3.69. The van der Waals surface area contributed by atoms with E-state index in [0.29, 0.717) is 23.1 Å². The van der Waals surface area contributed by atoms with Gasteiger partial charge in [-0.1, -0.05) is 42.3 Å². The Morgan fingerprint density at radius 3 is 2.65 bits per heavy atom. The first-order chi connectivity index (χ1) is 9.52. The maximum absolute atomic E-state index is 9.48. The molecule has 0 radical (unpaired) electrons. The molecule has 0 aliphatic rings. The Balaban J connectivity index is 2.50. The molecule has 1 aromatic heterocycles. The van der Waals surface area contributed by atoms with Crippen LogP contribution in [0, 0.1) is 0 Å². The van der Waals surface area contributed by atoms with Gasteiger partial charge >= 0.3 is 0 Å². The molecule has 0 amide bonds. The minimum Gasteiger partial charge on any atom is -0.393 e. The number of benzene rings is 1. The molecule has 1 heterocycles. The highest BCUT2D eigenvalue weighted by Crippen LogP contribution is 2.30.